The van der Waals surface area contributed by atoms with Gasteiger partial charge in [-0.3, -0.25) is 9.59 Å². The molecular weight excluding hydrogens is 322 g/mol. The normalized spacial score (nSPS) is 9.32. The van der Waals surface area contributed by atoms with Gasteiger partial charge in [0.05, 0.1) is 0 Å². The highest BCUT2D eigenvalue weighted by Gasteiger charge is 2.05. The number of carbonyl (C=O) groups is 3. The zero-order valence-electron chi connectivity index (χ0n) is 14.0. The monoisotopic (exact) mass is 343 g/mol. The number of nitrogens with two attached hydrogens (primary N) is 1. The summed E-state index contributed by atoms with van der Waals surface area (Å²) in [6.45, 7) is 1.84. The van der Waals surface area contributed by atoms with Crippen LogP contribution in [0.25, 0.3) is 0 Å². The summed E-state index contributed by atoms with van der Waals surface area (Å²) in [5.74, 6) is -0.649. The van der Waals surface area contributed by atoms with E-state index in [1.807, 2.05) is 60.7 Å². The van der Waals surface area contributed by atoms with Gasteiger partial charge in [-0.15, -0.1) is 0 Å². The van der Waals surface area contributed by atoms with Gasteiger partial charge in [0.2, 0.25) is 0 Å². The van der Waals surface area contributed by atoms with Gasteiger partial charge in [0, 0.05) is 0 Å². The maximum Gasteiger partial charge on any atom is 0.404 e. The average molecular weight is 343 g/mol. The van der Waals surface area contributed by atoms with E-state index in [0.717, 1.165) is 11.1 Å². The van der Waals surface area contributed by atoms with Crippen LogP contribution in [0, 0.1) is 0 Å². The molecule has 0 atom stereocenters. The van der Waals surface area contributed by atoms with Crippen LogP contribution in [-0.4, -0.2) is 17.8 Å². The minimum Gasteiger partial charge on any atom is -0.460 e. The summed E-state index contributed by atoms with van der Waals surface area (Å²) >= 11 is 0. The summed E-state index contributed by atoms with van der Waals surface area (Å²) < 4.78 is 9.45. The minimum atomic E-state index is -0.742. The fourth-order valence-electron chi connectivity index (χ4n) is 1.72. The maximum absolute atomic E-state index is 11.0. The molecule has 0 saturated carbocycles. The Morgan fingerprint density at radius 1 is 0.800 bits per heavy atom. The van der Waals surface area contributed by atoms with E-state index in [4.69, 9.17) is 10.5 Å². The number of carbonyl (C=O) groups excluding carboxylic acids is 3. The number of amides is 1. The zero-order chi connectivity index (χ0) is 18.5. The fraction of sp³-hybridized carbons (Fsp3) is 0.211. The highest BCUT2D eigenvalue weighted by molar-refractivity contribution is 5.94. The van der Waals surface area contributed by atoms with Crippen LogP contribution in [-0.2, 0) is 32.3 Å². The molecule has 2 rings (SSSR count). The molecule has 0 spiro atoms. The molecule has 1 amide bonds. The Morgan fingerprint density at radius 2 is 1.24 bits per heavy atom. The number of hydrogen-bond donors (Lipinski definition) is 1. The molecule has 0 heterocycles. The van der Waals surface area contributed by atoms with E-state index in [2.05, 4.69) is 4.74 Å². The SMILES string of the molecule is CC(=O)CC(=O)OCc1ccccc1.NC(=O)OCc1ccccc1. The molecule has 0 aliphatic rings. The van der Waals surface area contributed by atoms with Crippen molar-refractivity contribution in [1.29, 1.82) is 0 Å². The molecular formula is C19H21NO5. The Morgan fingerprint density at radius 3 is 1.64 bits per heavy atom. The second-order valence-corrected chi connectivity index (χ2v) is 5.12. The van der Waals surface area contributed by atoms with Crippen molar-refractivity contribution >= 4 is 17.8 Å². The van der Waals surface area contributed by atoms with Gasteiger partial charge in [-0.05, 0) is 18.1 Å². The number of Topliss-reactive ketones (excluding diaryl/α,β-unsaturated/α-hetero) is 1. The lowest BCUT2D eigenvalue weighted by Gasteiger charge is -2.02. The third kappa shape index (κ3) is 10.3. The Bertz CT molecular complexity index is 671. The van der Waals surface area contributed by atoms with Crippen molar-refractivity contribution in [3.63, 3.8) is 0 Å². The van der Waals surface area contributed by atoms with Gasteiger partial charge < -0.3 is 15.2 Å². The summed E-state index contributed by atoms with van der Waals surface area (Å²) in [7, 11) is 0. The summed E-state index contributed by atoms with van der Waals surface area (Å²) in [5.41, 5.74) is 6.64. The number of ether oxygens (including phenoxy) is 2. The van der Waals surface area contributed by atoms with Gasteiger partial charge in [0.25, 0.3) is 0 Å². The smallest absolute Gasteiger partial charge is 0.404 e. The summed E-state index contributed by atoms with van der Waals surface area (Å²) in [5, 5.41) is 0. The highest BCUT2D eigenvalue weighted by Crippen LogP contribution is 2.01. The first-order chi connectivity index (χ1) is 12.0. The molecule has 0 aromatic heterocycles. The first kappa shape index (κ1) is 19.9. The highest BCUT2D eigenvalue weighted by atomic mass is 16.5. The van der Waals surface area contributed by atoms with Crippen LogP contribution in [0.1, 0.15) is 24.5 Å². The van der Waals surface area contributed by atoms with Gasteiger partial charge in [-0.25, -0.2) is 4.79 Å². The van der Waals surface area contributed by atoms with E-state index in [1.165, 1.54) is 6.92 Å². The molecule has 0 radical (unpaired) electrons. The van der Waals surface area contributed by atoms with Crippen LogP contribution in [0.3, 0.4) is 0 Å². The molecule has 0 aliphatic carbocycles. The Balaban J connectivity index is 0.000000257. The van der Waals surface area contributed by atoms with Crippen molar-refractivity contribution in [2.24, 2.45) is 5.73 Å². The summed E-state index contributed by atoms with van der Waals surface area (Å²) in [4.78, 5) is 31.7. The maximum atomic E-state index is 11.0. The number of hydrogen-bond acceptors (Lipinski definition) is 5. The molecule has 0 aliphatic heterocycles. The topological polar surface area (TPSA) is 95.7 Å². The Kier molecular flexibility index (Phi) is 9.07. The minimum absolute atomic E-state index is 0.146. The lowest BCUT2D eigenvalue weighted by molar-refractivity contribution is -0.146. The third-order valence-corrected chi connectivity index (χ3v) is 2.86. The largest absolute Gasteiger partial charge is 0.460 e. The predicted octanol–water partition coefficient (Wildman–Crippen LogP) is 2.99. The average Bonchev–Trinajstić information content (AvgIpc) is 2.60. The second-order valence-electron chi connectivity index (χ2n) is 5.12. The molecule has 2 aromatic rings. The van der Waals surface area contributed by atoms with Crippen molar-refractivity contribution in [2.45, 2.75) is 26.6 Å². The molecule has 0 fully saturated rings. The van der Waals surface area contributed by atoms with Gasteiger partial charge in [-0.1, -0.05) is 60.7 Å². The number of benzene rings is 2. The first-order valence-corrected chi connectivity index (χ1v) is 7.62. The molecule has 25 heavy (non-hydrogen) atoms. The fourth-order valence-corrected chi connectivity index (χ4v) is 1.72. The van der Waals surface area contributed by atoms with E-state index < -0.39 is 12.1 Å². The first-order valence-electron chi connectivity index (χ1n) is 7.62. The quantitative estimate of drug-likeness (QED) is 0.642. The number of esters is 1. The number of rotatable bonds is 6. The standard InChI is InChI=1S/C11H12O3.C8H9NO2/c1-9(12)7-11(13)14-8-10-5-3-2-4-6-10;9-8(10)11-6-7-4-2-1-3-5-7/h2-6H,7-8H2,1H3;1-5H,6H2,(H2,9,10). The van der Waals surface area contributed by atoms with E-state index in [1.54, 1.807) is 0 Å². The van der Waals surface area contributed by atoms with Gasteiger partial charge >= 0.3 is 12.1 Å². The third-order valence-electron chi connectivity index (χ3n) is 2.86. The van der Waals surface area contributed by atoms with Crippen LogP contribution in [0.4, 0.5) is 4.79 Å². The molecule has 2 aromatic carbocycles. The number of primary amides is 1. The lowest BCUT2D eigenvalue weighted by atomic mass is 10.2. The van der Waals surface area contributed by atoms with E-state index >= 15 is 0 Å². The molecule has 2 N–H and O–H groups in total. The molecule has 0 saturated heterocycles. The van der Waals surface area contributed by atoms with E-state index in [-0.39, 0.29) is 25.4 Å². The molecule has 0 unspecified atom stereocenters. The van der Waals surface area contributed by atoms with Crippen molar-refractivity contribution < 1.29 is 23.9 Å². The predicted molar refractivity (Wildman–Crippen MR) is 92.4 cm³/mol. The summed E-state index contributed by atoms with van der Waals surface area (Å²) in [6.07, 6.45) is -0.888. The van der Waals surface area contributed by atoms with Gasteiger partial charge in [0.15, 0.2) is 0 Å². The lowest BCUT2D eigenvalue weighted by Crippen LogP contribution is -2.12. The van der Waals surface area contributed by atoms with Crippen molar-refractivity contribution in [3.8, 4) is 0 Å². The Hall–Kier alpha value is -3.15. The van der Waals surface area contributed by atoms with Crippen molar-refractivity contribution in [3.05, 3.63) is 71.8 Å². The summed E-state index contributed by atoms with van der Waals surface area (Å²) in [6, 6.07) is 18.7. The van der Waals surface area contributed by atoms with Crippen molar-refractivity contribution in [1.82, 2.24) is 0 Å². The van der Waals surface area contributed by atoms with E-state index in [0.29, 0.717) is 0 Å². The van der Waals surface area contributed by atoms with Crippen LogP contribution in [0.5, 0.6) is 0 Å². The zero-order valence-corrected chi connectivity index (χ0v) is 14.0. The molecule has 0 bridgehead atoms. The van der Waals surface area contributed by atoms with Gasteiger partial charge in [0.1, 0.15) is 25.4 Å². The Labute approximate surface area is 146 Å². The van der Waals surface area contributed by atoms with Crippen LogP contribution in [0.2, 0.25) is 0 Å². The second kappa shape index (κ2) is 11.4. The molecule has 6 heteroatoms. The van der Waals surface area contributed by atoms with Crippen LogP contribution >= 0.6 is 0 Å². The van der Waals surface area contributed by atoms with Gasteiger partial charge in [-0.2, -0.15) is 0 Å². The van der Waals surface area contributed by atoms with E-state index in [9.17, 15) is 14.4 Å². The molecule has 132 valence electrons. The van der Waals surface area contributed by atoms with Crippen LogP contribution < -0.4 is 5.73 Å². The number of ketones is 1. The molecule has 6 nitrogen and oxygen atoms in total. The van der Waals surface area contributed by atoms with Crippen molar-refractivity contribution in [2.75, 3.05) is 0 Å². The van der Waals surface area contributed by atoms with Crippen LogP contribution in [0.15, 0.2) is 60.7 Å².